The van der Waals surface area contributed by atoms with Gasteiger partial charge in [-0.05, 0) is 63.8 Å². The molecule has 2 heteroatoms. The van der Waals surface area contributed by atoms with Crippen LogP contribution < -0.4 is 0 Å². The average molecular weight is 309 g/mol. The molecule has 98 valence electrons. The summed E-state index contributed by atoms with van der Waals surface area (Å²) in [6.45, 7) is 8.27. The van der Waals surface area contributed by atoms with Gasteiger partial charge in [0.25, 0.3) is 0 Å². The van der Waals surface area contributed by atoms with Gasteiger partial charge >= 0.3 is 0 Å². The van der Waals surface area contributed by atoms with Gasteiger partial charge in [0.15, 0.2) is 0 Å². The van der Waals surface area contributed by atoms with Crippen molar-refractivity contribution in [2.45, 2.75) is 40.5 Å². The number of benzene rings is 1. The van der Waals surface area contributed by atoms with Crippen LogP contribution in [0.4, 0.5) is 0 Å². The highest BCUT2D eigenvalue weighted by Crippen LogP contribution is 2.29. The van der Waals surface area contributed by atoms with Crippen molar-refractivity contribution in [1.29, 1.82) is 0 Å². The molecule has 0 saturated heterocycles. The van der Waals surface area contributed by atoms with Crippen molar-refractivity contribution in [2.24, 2.45) is 0 Å². The Labute approximate surface area is 118 Å². The van der Waals surface area contributed by atoms with Crippen LogP contribution in [0.2, 0.25) is 0 Å². The molecule has 1 aromatic rings. The molecule has 0 radical (unpaired) electrons. The van der Waals surface area contributed by atoms with E-state index in [1.54, 1.807) is 0 Å². The second kappa shape index (κ2) is 6.79. The molecule has 1 nitrogen and oxygen atoms in total. The molecular weight excluding hydrogens is 288 g/mol. The highest BCUT2D eigenvalue weighted by molar-refractivity contribution is 9.10. The van der Waals surface area contributed by atoms with Crippen LogP contribution in [0.25, 0.3) is 0 Å². The number of halogens is 1. The summed E-state index contributed by atoms with van der Waals surface area (Å²) < 4.78 is 1.02. The van der Waals surface area contributed by atoms with Gasteiger partial charge < -0.3 is 5.11 Å². The second-order valence-corrected chi connectivity index (χ2v) is 5.96. The van der Waals surface area contributed by atoms with Gasteiger partial charge in [-0.3, -0.25) is 0 Å². The molecule has 0 aromatic heterocycles. The monoisotopic (exact) mass is 308 g/mol. The first-order chi connectivity index (χ1) is 8.40. The first-order valence-electron chi connectivity index (χ1n) is 6.17. The van der Waals surface area contributed by atoms with Crippen molar-refractivity contribution >= 4 is 15.9 Å². The molecule has 0 aliphatic carbocycles. The maximum Gasteiger partial charge on any atom is 0.122 e. The lowest BCUT2D eigenvalue weighted by Gasteiger charge is -2.09. The predicted molar refractivity (Wildman–Crippen MR) is 82.1 cm³/mol. The fourth-order valence-electron chi connectivity index (χ4n) is 1.66. The van der Waals surface area contributed by atoms with E-state index in [9.17, 15) is 5.11 Å². The minimum absolute atomic E-state index is 0.424. The molecule has 0 amide bonds. The summed E-state index contributed by atoms with van der Waals surface area (Å²) in [6.07, 6.45) is 5.81. The number of hydrogen-bond donors (Lipinski definition) is 1. The van der Waals surface area contributed by atoms with Gasteiger partial charge in [0.1, 0.15) is 5.75 Å². The summed E-state index contributed by atoms with van der Waals surface area (Å²) >= 11 is 3.51. The van der Waals surface area contributed by atoms with Gasteiger partial charge in [-0.25, -0.2) is 0 Å². The Morgan fingerprint density at radius 1 is 1.00 bits per heavy atom. The number of phenols is 1. The summed E-state index contributed by atoms with van der Waals surface area (Å²) in [5, 5.41) is 10.3. The average Bonchev–Trinajstić information content (AvgIpc) is 2.27. The molecule has 0 aliphatic rings. The van der Waals surface area contributed by atoms with Crippen LogP contribution in [-0.2, 0) is 12.8 Å². The van der Waals surface area contributed by atoms with Gasteiger partial charge in [-0.15, -0.1) is 0 Å². The highest BCUT2D eigenvalue weighted by Gasteiger charge is 2.07. The highest BCUT2D eigenvalue weighted by atomic mass is 79.9. The summed E-state index contributed by atoms with van der Waals surface area (Å²) in [6, 6.07) is 3.97. The van der Waals surface area contributed by atoms with Crippen molar-refractivity contribution in [3.63, 3.8) is 0 Å². The number of phenolic OH excluding ortho intramolecular Hbond substituents is 1. The molecule has 0 aliphatic heterocycles. The van der Waals surface area contributed by atoms with Crippen molar-refractivity contribution in [1.82, 2.24) is 0 Å². The lowest BCUT2D eigenvalue weighted by atomic mass is 10.0. The van der Waals surface area contributed by atoms with E-state index in [-0.39, 0.29) is 0 Å². The van der Waals surface area contributed by atoms with Crippen molar-refractivity contribution in [3.8, 4) is 5.75 Å². The Morgan fingerprint density at radius 2 is 1.39 bits per heavy atom. The molecular formula is C16H21BrO. The second-order valence-electron chi connectivity index (χ2n) is 5.04. The Morgan fingerprint density at radius 3 is 1.72 bits per heavy atom. The van der Waals surface area contributed by atoms with Crippen molar-refractivity contribution in [2.75, 3.05) is 0 Å². The van der Waals surface area contributed by atoms with Crippen LogP contribution in [0, 0.1) is 0 Å². The Bertz CT molecular complexity index is 435. The molecule has 1 aromatic carbocycles. The van der Waals surface area contributed by atoms with Gasteiger partial charge in [0.05, 0.1) is 0 Å². The van der Waals surface area contributed by atoms with Gasteiger partial charge in [-0.2, -0.15) is 0 Å². The smallest absolute Gasteiger partial charge is 0.122 e. The topological polar surface area (TPSA) is 20.2 Å². The maximum atomic E-state index is 10.3. The zero-order valence-electron chi connectivity index (χ0n) is 11.5. The molecule has 0 saturated carbocycles. The van der Waals surface area contributed by atoms with Gasteiger partial charge in [-0.1, -0.05) is 39.2 Å². The fraction of sp³-hybridized carbons (Fsp3) is 0.375. The van der Waals surface area contributed by atoms with E-state index < -0.39 is 0 Å². The zero-order valence-corrected chi connectivity index (χ0v) is 13.1. The molecule has 0 bridgehead atoms. The van der Waals surface area contributed by atoms with E-state index in [1.807, 2.05) is 12.1 Å². The Hall–Kier alpha value is -1.02. The summed E-state index contributed by atoms with van der Waals surface area (Å²) in [4.78, 5) is 0. The lowest BCUT2D eigenvalue weighted by Crippen LogP contribution is -1.91. The van der Waals surface area contributed by atoms with E-state index in [4.69, 9.17) is 0 Å². The van der Waals surface area contributed by atoms with E-state index >= 15 is 0 Å². The molecule has 0 spiro atoms. The molecule has 1 rings (SSSR count). The Balaban J connectivity index is 3.06. The van der Waals surface area contributed by atoms with E-state index in [1.165, 1.54) is 11.1 Å². The zero-order chi connectivity index (χ0) is 13.7. The first-order valence-corrected chi connectivity index (χ1v) is 6.96. The first kappa shape index (κ1) is 15.0. The standard InChI is InChI=1S/C16H21BrO/c1-11(2)5-7-13-9-15(17)10-14(16(13)18)8-6-12(3)4/h5-6,9-10,18H,7-8H2,1-4H3. The minimum Gasteiger partial charge on any atom is -0.507 e. The van der Waals surface area contributed by atoms with Crippen molar-refractivity contribution < 1.29 is 5.11 Å². The molecule has 0 atom stereocenters. The lowest BCUT2D eigenvalue weighted by molar-refractivity contribution is 0.464. The van der Waals surface area contributed by atoms with Crippen LogP contribution >= 0.6 is 15.9 Å². The van der Waals surface area contributed by atoms with Crippen LogP contribution in [0.3, 0.4) is 0 Å². The van der Waals surface area contributed by atoms with Crippen molar-refractivity contribution in [3.05, 3.63) is 51.0 Å². The number of rotatable bonds is 4. The normalized spacial score (nSPS) is 10.1. The fourth-order valence-corrected chi connectivity index (χ4v) is 2.21. The molecule has 0 fully saturated rings. The third-order valence-corrected chi connectivity index (χ3v) is 3.15. The number of hydrogen-bond acceptors (Lipinski definition) is 1. The van der Waals surface area contributed by atoms with E-state index in [0.717, 1.165) is 28.4 Å². The quantitative estimate of drug-likeness (QED) is 0.761. The predicted octanol–water partition coefficient (Wildman–Crippen LogP) is 5.17. The van der Waals surface area contributed by atoms with Gasteiger partial charge in [0, 0.05) is 4.47 Å². The van der Waals surface area contributed by atoms with Crippen LogP contribution in [0.15, 0.2) is 39.9 Å². The summed E-state index contributed by atoms with van der Waals surface area (Å²) in [7, 11) is 0. The molecule has 0 unspecified atom stereocenters. The molecule has 0 heterocycles. The SMILES string of the molecule is CC(C)=CCc1cc(Br)cc(CC=C(C)C)c1O. The minimum atomic E-state index is 0.424. The van der Waals surface area contributed by atoms with Gasteiger partial charge in [0.2, 0.25) is 0 Å². The Kier molecular flexibility index (Phi) is 5.67. The van der Waals surface area contributed by atoms with Crippen LogP contribution in [0.1, 0.15) is 38.8 Å². The summed E-state index contributed by atoms with van der Waals surface area (Å²) in [5.74, 6) is 0.424. The maximum absolute atomic E-state index is 10.3. The van der Waals surface area contributed by atoms with E-state index in [0.29, 0.717) is 5.75 Å². The van der Waals surface area contributed by atoms with Crippen LogP contribution in [0.5, 0.6) is 5.75 Å². The third-order valence-electron chi connectivity index (χ3n) is 2.69. The number of allylic oxidation sites excluding steroid dienone is 4. The molecule has 18 heavy (non-hydrogen) atoms. The number of aromatic hydroxyl groups is 1. The third kappa shape index (κ3) is 4.69. The largest absolute Gasteiger partial charge is 0.507 e. The molecule has 1 N–H and O–H groups in total. The van der Waals surface area contributed by atoms with Crippen LogP contribution in [-0.4, -0.2) is 5.11 Å². The summed E-state index contributed by atoms with van der Waals surface area (Å²) in [5.41, 5.74) is 4.48. The van der Waals surface area contributed by atoms with E-state index in [2.05, 4.69) is 55.8 Å².